The number of hydrogen-bond acceptors (Lipinski definition) is 5. The van der Waals surface area contributed by atoms with Crippen LogP contribution in [0.2, 0.25) is 0 Å². The SMILES string of the molecule is O=S(=O)(c1ccccc1F)N1CCC(Nc2nccc(-c3ccccc3)n2)CC1. The molecule has 1 aromatic heterocycles. The summed E-state index contributed by atoms with van der Waals surface area (Å²) >= 11 is 0. The highest BCUT2D eigenvalue weighted by molar-refractivity contribution is 7.89. The van der Waals surface area contributed by atoms with Crippen molar-refractivity contribution < 1.29 is 12.8 Å². The fourth-order valence-corrected chi connectivity index (χ4v) is 4.95. The number of halogens is 1. The minimum Gasteiger partial charge on any atom is -0.351 e. The Balaban J connectivity index is 1.41. The van der Waals surface area contributed by atoms with Crippen molar-refractivity contribution in [2.75, 3.05) is 18.4 Å². The molecule has 8 heteroatoms. The van der Waals surface area contributed by atoms with Crippen LogP contribution in [0.5, 0.6) is 0 Å². The average Bonchev–Trinajstić information content (AvgIpc) is 2.75. The lowest BCUT2D eigenvalue weighted by atomic mass is 10.1. The normalized spacial score (nSPS) is 15.9. The van der Waals surface area contributed by atoms with Gasteiger partial charge in [-0.2, -0.15) is 4.31 Å². The molecule has 4 rings (SSSR count). The molecule has 2 aromatic carbocycles. The summed E-state index contributed by atoms with van der Waals surface area (Å²) in [6, 6.07) is 17.2. The standard InChI is InChI=1S/C21H21FN4O2S/c22-18-8-4-5-9-20(18)29(27,28)26-14-11-17(12-15-26)24-21-23-13-10-19(25-21)16-6-2-1-3-7-16/h1-10,13,17H,11-12,14-15H2,(H,23,24,25). The van der Waals surface area contributed by atoms with Crippen LogP contribution in [-0.4, -0.2) is 41.8 Å². The number of anilines is 1. The molecule has 2 heterocycles. The van der Waals surface area contributed by atoms with Crippen LogP contribution >= 0.6 is 0 Å². The third kappa shape index (κ3) is 4.28. The van der Waals surface area contributed by atoms with E-state index in [4.69, 9.17) is 0 Å². The van der Waals surface area contributed by atoms with Crippen LogP contribution in [0.3, 0.4) is 0 Å². The van der Waals surface area contributed by atoms with Crippen LogP contribution in [0.15, 0.2) is 71.8 Å². The molecule has 6 nitrogen and oxygen atoms in total. The first kappa shape index (κ1) is 19.5. The number of hydrogen-bond donors (Lipinski definition) is 1. The van der Waals surface area contributed by atoms with E-state index in [9.17, 15) is 12.8 Å². The molecule has 0 unspecified atom stereocenters. The Morgan fingerprint density at radius 2 is 1.66 bits per heavy atom. The van der Waals surface area contributed by atoms with Gasteiger partial charge in [0.2, 0.25) is 16.0 Å². The number of benzene rings is 2. The molecule has 3 aromatic rings. The second-order valence-electron chi connectivity index (χ2n) is 6.88. The summed E-state index contributed by atoms with van der Waals surface area (Å²) in [5, 5.41) is 3.30. The van der Waals surface area contributed by atoms with Crippen LogP contribution in [0.1, 0.15) is 12.8 Å². The maximum Gasteiger partial charge on any atom is 0.245 e. The quantitative estimate of drug-likeness (QED) is 0.694. The van der Waals surface area contributed by atoms with Crippen LogP contribution in [0.4, 0.5) is 10.3 Å². The predicted molar refractivity (Wildman–Crippen MR) is 109 cm³/mol. The van der Waals surface area contributed by atoms with E-state index in [1.54, 1.807) is 6.20 Å². The Kier molecular flexibility index (Phi) is 5.55. The number of rotatable bonds is 5. The van der Waals surface area contributed by atoms with E-state index < -0.39 is 15.8 Å². The van der Waals surface area contributed by atoms with Gasteiger partial charge in [-0.25, -0.2) is 22.8 Å². The van der Waals surface area contributed by atoms with Gasteiger partial charge in [-0.3, -0.25) is 0 Å². The molecule has 1 aliphatic rings. The van der Waals surface area contributed by atoms with E-state index in [1.165, 1.54) is 22.5 Å². The highest BCUT2D eigenvalue weighted by atomic mass is 32.2. The van der Waals surface area contributed by atoms with E-state index >= 15 is 0 Å². The third-order valence-electron chi connectivity index (χ3n) is 4.97. The zero-order valence-corrected chi connectivity index (χ0v) is 16.5. The minimum atomic E-state index is -3.83. The molecular weight excluding hydrogens is 391 g/mol. The number of nitrogens with one attached hydrogen (secondary N) is 1. The molecular formula is C21H21FN4O2S. The summed E-state index contributed by atoms with van der Waals surface area (Å²) in [7, 11) is -3.83. The van der Waals surface area contributed by atoms with Crippen molar-refractivity contribution in [2.45, 2.75) is 23.8 Å². The third-order valence-corrected chi connectivity index (χ3v) is 6.90. The van der Waals surface area contributed by atoms with Gasteiger partial charge in [0.15, 0.2) is 0 Å². The molecule has 29 heavy (non-hydrogen) atoms. The van der Waals surface area contributed by atoms with Gasteiger partial charge in [0.25, 0.3) is 0 Å². The summed E-state index contributed by atoms with van der Waals surface area (Å²) in [5.41, 5.74) is 1.83. The maximum atomic E-state index is 13.9. The van der Waals surface area contributed by atoms with E-state index in [0.717, 1.165) is 17.3 Å². The van der Waals surface area contributed by atoms with Gasteiger partial charge in [0, 0.05) is 30.9 Å². The Morgan fingerprint density at radius 3 is 2.38 bits per heavy atom. The second kappa shape index (κ2) is 8.26. The van der Waals surface area contributed by atoms with Crippen molar-refractivity contribution in [1.82, 2.24) is 14.3 Å². The van der Waals surface area contributed by atoms with Crippen molar-refractivity contribution in [3.05, 3.63) is 72.7 Å². The Hall–Kier alpha value is -2.84. The number of piperidine rings is 1. The molecule has 1 N–H and O–H groups in total. The van der Waals surface area contributed by atoms with Crippen LogP contribution in [0, 0.1) is 5.82 Å². The van der Waals surface area contributed by atoms with Crippen molar-refractivity contribution in [2.24, 2.45) is 0 Å². The molecule has 1 fully saturated rings. The number of nitrogens with zero attached hydrogens (tertiary/aromatic N) is 3. The molecule has 0 radical (unpaired) electrons. The zero-order valence-electron chi connectivity index (χ0n) is 15.7. The van der Waals surface area contributed by atoms with E-state index in [0.29, 0.717) is 31.9 Å². The molecule has 0 spiro atoms. The minimum absolute atomic E-state index is 0.0492. The van der Waals surface area contributed by atoms with E-state index in [1.807, 2.05) is 36.4 Å². The van der Waals surface area contributed by atoms with Crippen molar-refractivity contribution in [3.8, 4) is 11.3 Å². The molecule has 150 valence electrons. The number of sulfonamides is 1. The van der Waals surface area contributed by atoms with Crippen molar-refractivity contribution >= 4 is 16.0 Å². The summed E-state index contributed by atoms with van der Waals surface area (Å²) in [5.74, 6) is -0.208. The zero-order chi connectivity index (χ0) is 20.3. The van der Waals surface area contributed by atoms with Gasteiger partial charge in [0.1, 0.15) is 10.7 Å². The summed E-state index contributed by atoms with van der Waals surface area (Å²) < 4.78 is 40.7. The smallest absolute Gasteiger partial charge is 0.245 e. The van der Waals surface area contributed by atoms with Gasteiger partial charge in [0.05, 0.1) is 5.69 Å². The van der Waals surface area contributed by atoms with Crippen molar-refractivity contribution in [1.29, 1.82) is 0 Å². The van der Waals surface area contributed by atoms with Crippen LogP contribution < -0.4 is 5.32 Å². The Morgan fingerprint density at radius 1 is 0.966 bits per heavy atom. The lowest BCUT2D eigenvalue weighted by molar-refractivity contribution is 0.328. The lowest BCUT2D eigenvalue weighted by Gasteiger charge is -2.31. The molecule has 0 saturated carbocycles. The van der Waals surface area contributed by atoms with Gasteiger partial charge in [-0.05, 0) is 31.0 Å². The lowest BCUT2D eigenvalue weighted by Crippen LogP contribution is -2.42. The highest BCUT2D eigenvalue weighted by Crippen LogP contribution is 2.24. The molecule has 0 atom stereocenters. The largest absolute Gasteiger partial charge is 0.351 e. The van der Waals surface area contributed by atoms with Gasteiger partial charge < -0.3 is 5.32 Å². The van der Waals surface area contributed by atoms with Crippen molar-refractivity contribution in [3.63, 3.8) is 0 Å². The summed E-state index contributed by atoms with van der Waals surface area (Å²) in [4.78, 5) is 8.57. The fourth-order valence-electron chi connectivity index (χ4n) is 3.41. The summed E-state index contributed by atoms with van der Waals surface area (Å²) in [6.45, 7) is 0.624. The van der Waals surface area contributed by atoms with E-state index in [2.05, 4.69) is 15.3 Å². The van der Waals surface area contributed by atoms with Crippen LogP contribution in [-0.2, 0) is 10.0 Å². The molecule has 1 saturated heterocycles. The second-order valence-corrected chi connectivity index (χ2v) is 8.79. The van der Waals surface area contributed by atoms with Crippen LogP contribution in [0.25, 0.3) is 11.3 Å². The average molecular weight is 412 g/mol. The first-order valence-corrected chi connectivity index (χ1v) is 10.9. The number of aromatic nitrogens is 2. The summed E-state index contributed by atoms with van der Waals surface area (Å²) in [6.07, 6.45) is 2.88. The highest BCUT2D eigenvalue weighted by Gasteiger charge is 2.31. The van der Waals surface area contributed by atoms with E-state index in [-0.39, 0.29) is 10.9 Å². The monoisotopic (exact) mass is 412 g/mol. The first-order valence-electron chi connectivity index (χ1n) is 9.44. The first-order chi connectivity index (χ1) is 14.0. The predicted octanol–water partition coefficient (Wildman–Crippen LogP) is 3.55. The molecule has 0 aliphatic carbocycles. The molecule has 0 amide bonds. The topological polar surface area (TPSA) is 75.2 Å². The fraction of sp³-hybridized carbons (Fsp3) is 0.238. The molecule has 0 bridgehead atoms. The van der Waals surface area contributed by atoms with Gasteiger partial charge in [-0.1, -0.05) is 42.5 Å². The maximum absolute atomic E-state index is 13.9. The van der Waals surface area contributed by atoms with Gasteiger partial charge >= 0.3 is 0 Å². The Bertz CT molecular complexity index is 1080. The van der Waals surface area contributed by atoms with Gasteiger partial charge in [-0.15, -0.1) is 0 Å². The Labute approximate surface area is 169 Å². The molecule has 1 aliphatic heterocycles.